The molecule has 2 aliphatic rings. The molecule has 1 unspecified atom stereocenters. The Morgan fingerprint density at radius 3 is 2.74 bits per heavy atom. The molecule has 1 aromatic rings. The first-order valence-electron chi connectivity index (χ1n) is 9.32. The van der Waals surface area contributed by atoms with E-state index in [9.17, 15) is 14.4 Å². The Morgan fingerprint density at radius 1 is 1.39 bits per heavy atom. The highest BCUT2D eigenvalue weighted by Gasteiger charge is 2.53. The van der Waals surface area contributed by atoms with Crippen molar-refractivity contribution in [2.75, 3.05) is 25.2 Å². The van der Waals surface area contributed by atoms with Gasteiger partial charge in [0, 0.05) is 11.1 Å². The summed E-state index contributed by atoms with van der Waals surface area (Å²) in [5.41, 5.74) is 8.00. The van der Waals surface area contributed by atoms with Crippen LogP contribution in [0.4, 0.5) is 5.13 Å². The number of hydrogen-bond acceptors (Lipinski definition) is 10. The van der Waals surface area contributed by atoms with Crippen LogP contribution in [-0.4, -0.2) is 64.3 Å². The number of nitrogen functional groups attached to an aromatic ring is 1. The molecule has 1 fully saturated rings. The van der Waals surface area contributed by atoms with E-state index in [0.717, 1.165) is 22.5 Å². The number of nitrogens with two attached hydrogens (primary N) is 1. The molecule has 0 radical (unpaired) electrons. The summed E-state index contributed by atoms with van der Waals surface area (Å²) >= 11 is 2.59. The summed E-state index contributed by atoms with van der Waals surface area (Å²) < 4.78 is 5.34. The molecule has 166 valence electrons. The molecule has 1 saturated heterocycles. The van der Waals surface area contributed by atoms with Crippen LogP contribution in [0.15, 0.2) is 33.5 Å². The van der Waals surface area contributed by atoms with Crippen LogP contribution in [0.5, 0.6) is 0 Å². The van der Waals surface area contributed by atoms with Crippen LogP contribution in [0, 0.1) is 0 Å². The number of esters is 1. The molecule has 0 bridgehead atoms. The predicted molar refractivity (Wildman–Crippen MR) is 118 cm³/mol. The van der Waals surface area contributed by atoms with Crippen molar-refractivity contribution >= 4 is 51.7 Å². The van der Waals surface area contributed by atoms with E-state index in [4.69, 9.17) is 15.3 Å². The van der Waals surface area contributed by atoms with E-state index < -0.39 is 29.2 Å². The monoisotopic (exact) mass is 465 g/mol. The summed E-state index contributed by atoms with van der Waals surface area (Å²) in [6.45, 7) is 5.91. The van der Waals surface area contributed by atoms with Gasteiger partial charge in [0.15, 0.2) is 10.8 Å². The Balaban J connectivity index is 1.68. The third-order valence-corrected chi connectivity index (χ3v) is 6.64. The molecule has 3 heterocycles. The second-order valence-electron chi connectivity index (χ2n) is 7.02. The lowest BCUT2D eigenvalue weighted by Gasteiger charge is -2.48. The van der Waals surface area contributed by atoms with Crippen LogP contribution in [0.25, 0.3) is 0 Å². The number of hydrogen-bond donors (Lipinski definition) is 2. The Labute approximate surface area is 187 Å². The Bertz CT molecular complexity index is 996. The Morgan fingerprint density at radius 2 is 2.13 bits per heavy atom. The van der Waals surface area contributed by atoms with Crippen LogP contribution in [0.3, 0.4) is 0 Å². The summed E-state index contributed by atoms with van der Waals surface area (Å²) in [4.78, 5) is 48.1. The summed E-state index contributed by atoms with van der Waals surface area (Å²) in [7, 11) is 1.30. The zero-order valence-corrected chi connectivity index (χ0v) is 19.1. The highest BCUT2D eigenvalue weighted by molar-refractivity contribution is 8.00. The molecular formula is C19H23N5O5S2. The van der Waals surface area contributed by atoms with Crippen LogP contribution < -0.4 is 11.1 Å². The molecule has 3 N–H and O–H groups in total. The van der Waals surface area contributed by atoms with Crippen LogP contribution in [0.2, 0.25) is 0 Å². The van der Waals surface area contributed by atoms with Crippen molar-refractivity contribution in [3.8, 4) is 0 Å². The number of ether oxygens (including phenoxy) is 1. The van der Waals surface area contributed by atoms with Crippen LogP contribution in [0.1, 0.15) is 26.5 Å². The molecule has 2 amide bonds. The summed E-state index contributed by atoms with van der Waals surface area (Å²) in [6.07, 6.45) is 1.66. The van der Waals surface area contributed by atoms with Gasteiger partial charge in [-0.2, -0.15) is 0 Å². The van der Waals surface area contributed by atoms with Crippen molar-refractivity contribution in [3.63, 3.8) is 0 Å². The third-order valence-electron chi connectivity index (χ3n) is 4.78. The molecule has 0 aliphatic carbocycles. The number of fused-ring (bicyclic) bond motifs is 1. The summed E-state index contributed by atoms with van der Waals surface area (Å²) in [5, 5.41) is 7.80. The fraction of sp³-hybridized carbons (Fsp3) is 0.421. The summed E-state index contributed by atoms with van der Waals surface area (Å²) in [6, 6.07) is -0.813. The fourth-order valence-electron chi connectivity index (χ4n) is 2.82. The average Bonchev–Trinajstić information content (AvgIpc) is 3.18. The summed E-state index contributed by atoms with van der Waals surface area (Å²) in [5.74, 6) is -1.08. The van der Waals surface area contributed by atoms with Gasteiger partial charge in [0.2, 0.25) is 0 Å². The first-order valence-corrected chi connectivity index (χ1v) is 11.3. The Kier molecular flexibility index (Phi) is 7.01. The van der Waals surface area contributed by atoms with Gasteiger partial charge in [-0.15, -0.1) is 23.1 Å². The van der Waals surface area contributed by atoms with Gasteiger partial charge in [-0.3, -0.25) is 14.5 Å². The highest BCUT2D eigenvalue weighted by Crippen LogP contribution is 2.37. The van der Waals surface area contributed by atoms with E-state index in [1.54, 1.807) is 11.5 Å². The number of thioether (sulfide) groups is 1. The lowest BCUT2D eigenvalue weighted by molar-refractivity contribution is -0.152. The van der Waals surface area contributed by atoms with Crippen molar-refractivity contribution in [3.05, 3.63) is 34.0 Å². The lowest BCUT2D eigenvalue weighted by Crippen LogP contribution is -2.70. The maximum atomic E-state index is 12.7. The van der Waals surface area contributed by atoms with Crippen molar-refractivity contribution in [2.45, 2.75) is 32.2 Å². The number of carbonyl (C=O) groups excluding carboxylic acids is 3. The van der Waals surface area contributed by atoms with E-state index in [2.05, 4.69) is 15.5 Å². The second-order valence-corrected chi connectivity index (χ2v) is 9.06. The molecule has 12 heteroatoms. The standard InChI is InChI=1S/C19H23N5O5S2/c1-9(2)10(3)7-29-18(27)12-5-6-30-17-14(16(26)24(12)17)22-15(25)13(23-28-4)11-8-31-19(20)21-11/h5,8,14,17H,6-7H2,1-4H3,(H2,20,21)(H,22,25)/b23-13-/t14?,17-/m1/s1. The van der Waals surface area contributed by atoms with Crippen LogP contribution in [-0.2, 0) is 24.0 Å². The van der Waals surface area contributed by atoms with Gasteiger partial charge >= 0.3 is 5.97 Å². The highest BCUT2D eigenvalue weighted by atomic mass is 32.2. The number of amides is 2. The number of oxime groups is 1. The lowest BCUT2D eigenvalue weighted by atomic mass is 10.0. The smallest absolute Gasteiger partial charge is 0.355 e. The SMILES string of the molecule is CO/N=C(\C(=O)NC1C(=O)N2C(C(=O)OCC(C)=C(C)C)=CCS[C@H]12)c1csc(N)n1. The van der Waals surface area contributed by atoms with Gasteiger partial charge in [-0.1, -0.05) is 10.7 Å². The fourth-order valence-corrected chi connectivity index (χ4v) is 4.57. The predicted octanol–water partition coefficient (Wildman–Crippen LogP) is 1.26. The first-order chi connectivity index (χ1) is 14.7. The Hall–Kier alpha value is -2.86. The number of allylic oxidation sites excluding steroid dienone is 1. The van der Waals surface area contributed by atoms with Crippen LogP contribution >= 0.6 is 23.1 Å². The quantitative estimate of drug-likeness (QED) is 0.202. The molecule has 1 aromatic heterocycles. The van der Waals surface area contributed by atoms with Gasteiger partial charge < -0.3 is 20.6 Å². The molecule has 2 aliphatic heterocycles. The van der Waals surface area contributed by atoms with E-state index in [0.29, 0.717) is 5.75 Å². The second kappa shape index (κ2) is 9.52. The molecular weight excluding hydrogens is 442 g/mol. The molecule has 31 heavy (non-hydrogen) atoms. The molecule has 0 spiro atoms. The molecule has 10 nitrogen and oxygen atoms in total. The number of anilines is 1. The number of β-lactam (4-membered cyclic amide) rings is 1. The minimum absolute atomic E-state index is 0.0881. The number of nitrogens with zero attached hydrogens (tertiary/aromatic N) is 3. The van der Waals surface area contributed by atoms with Gasteiger partial charge in [0.1, 0.15) is 36.5 Å². The van der Waals surface area contributed by atoms with Crippen molar-refractivity contribution in [2.24, 2.45) is 5.16 Å². The molecule has 3 rings (SSSR count). The molecule has 0 saturated carbocycles. The van der Waals surface area contributed by atoms with E-state index in [1.807, 2.05) is 20.8 Å². The zero-order chi connectivity index (χ0) is 22.7. The molecule has 0 aromatic carbocycles. The van der Waals surface area contributed by atoms with Crippen molar-refractivity contribution < 1.29 is 24.0 Å². The minimum atomic E-state index is -0.813. The largest absolute Gasteiger partial charge is 0.457 e. The maximum absolute atomic E-state index is 12.7. The normalized spacial score (nSPS) is 20.3. The maximum Gasteiger partial charge on any atom is 0.355 e. The van der Waals surface area contributed by atoms with E-state index in [-0.39, 0.29) is 28.8 Å². The number of thiazole rings is 1. The number of carbonyl (C=O) groups is 3. The first kappa shape index (κ1) is 22.8. The minimum Gasteiger partial charge on any atom is -0.457 e. The molecule has 2 atom stereocenters. The van der Waals surface area contributed by atoms with Crippen molar-refractivity contribution in [1.82, 2.24) is 15.2 Å². The van der Waals surface area contributed by atoms with Gasteiger partial charge in [0.25, 0.3) is 11.8 Å². The average molecular weight is 466 g/mol. The number of nitrogens with one attached hydrogen (secondary N) is 1. The van der Waals surface area contributed by atoms with Gasteiger partial charge in [0.05, 0.1) is 0 Å². The third kappa shape index (κ3) is 4.74. The zero-order valence-electron chi connectivity index (χ0n) is 17.5. The van der Waals surface area contributed by atoms with Gasteiger partial charge in [-0.25, -0.2) is 9.78 Å². The van der Waals surface area contributed by atoms with Crippen molar-refractivity contribution in [1.29, 1.82) is 0 Å². The number of rotatable bonds is 7. The topological polar surface area (TPSA) is 136 Å². The van der Waals surface area contributed by atoms with E-state index >= 15 is 0 Å². The number of aromatic nitrogens is 1. The van der Waals surface area contributed by atoms with Gasteiger partial charge in [-0.05, 0) is 32.4 Å². The van der Waals surface area contributed by atoms with E-state index in [1.165, 1.54) is 23.8 Å².